The van der Waals surface area contributed by atoms with Crippen LogP contribution in [0.15, 0.2) is 49.1 Å². The van der Waals surface area contributed by atoms with Crippen LogP contribution >= 0.6 is 0 Å². The molecule has 9 nitrogen and oxygen atoms in total. The molecular weight excluding hydrogens is 320 g/mol. The molecule has 0 spiro atoms. The molecule has 5 rings (SSSR count). The van der Waals surface area contributed by atoms with E-state index in [1.165, 1.54) is 0 Å². The molecule has 5 aromatic rings. The lowest BCUT2D eigenvalue weighted by Crippen LogP contribution is -1.99. The summed E-state index contributed by atoms with van der Waals surface area (Å²) in [5.74, 6) is 0.209. The molecule has 0 bridgehead atoms. The van der Waals surface area contributed by atoms with E-state index in [9.17, 15) is 5.11 Å². The van der Waals surface area contributed by atoms with E-state index in [4.69, 9.17) is 0 Å². The van der Waals surface area contributed by atoms with Gasteiger partial charge in [-0.2, -0.15) is 15.2 Å². The largest absolute Gasteiger partial charge is 0.492 e. The first-order chi connectivity index (χ1) is 12.3. The maximum absolute atomic E-state index is 10.4. The van der Waals surface area contributed by atoms with Crippen molar-refractivity contribution in [3.8, 4) is 11.6 Å². The van der Waals surface area contributed by atoms with Crippen molar-refractivity contribution in [2.45, 2.75) is 0 Å². The van der Waals surface area contributed by atoms with Crippen LogP contribution in [0.2, 0.25) is 0 Å². The van der Waals surface area contributed by atoms with Crippen LogP contribution in [0.3, 0.4) is 0 Å². The zero-order valence-corrected chi connectivity index (χ0v) is 12.8. The van der Waals surface area contributed by atoms with E-state index in [2.05, 4.69) is 35.7 Å². The number of aromatic amines is 2. The van der Waals surface area contributed by atoms with Crippen LogP contribution in [0.4, 0.5) is 11.6 Å². The lowest BCUT2D eigenvalue weighted by molar-refractivity contribution is 0.458. The Morgan fingerprint density at radius 1 is 1.08 bits per heavy atom. The highest BCUT2D eigenvalue weighted by molar-refractivity contribution is 5.85. The van der Waals surface area contributed by atoms with Gasteiger partial charge in [0.05, 0.1) is 29.1 Å². The van der Waals surface area contributed by atoms with E-state index in [0.29, 0.717) is 17.0 Å². The number of hydrogen-bond acceptors (Lipinski definition) is 6. The highest BCUT2D eigenvalue weighted by Gasteiger charge is 2.13. The molecule has 0 saturated heterocycles. The van der Waals surface area contributed by atoms with Crippen molar-refractivity contribution in [1.82, 2.24) is 34.9 Å². The maximum atomic E-state index is 10.4. The van der Waals surface area contributed by atoms with Crippen LogP contribution in [0, 0.1) is 0 Å². The molecule has 4 heterocycles. The Morgan fingerprint density at radius 3 is 2.92 bits per heavy atom. The zero-order chi connectivity index (χ0) is 16.8. The number of nitrogens with one attached hydrogen (secondary N) is 3. The van der Waals surface area contributed by atoms with Crippen molar-refractivity contribution < 1.29 is 5.11 Å². The predicted octanol–water partition coefficient (Wildman–Crippen LogP) is 2.47. The van der Waals surface area contributed by atoms with Crippen LogP contribution < -0.4 is 5.32 Å². The first-order valence-electron chi connectivity index (χ1n) is 7.55. The third-order valence-electron chi connectivity index (χ3n) is 3.97. The average molecular weight is 332 g/mol. The van der Waals surface area contributed by atoms with Crippen molar-refractivity contribution in [1.29, 1.82) is 0 Å². The van der Waals surface area contributed by atoms with Gasteiger partial charge in [-0.05, 0) is 24.3 Å². The van der Waals surface area contributed by atoms with Gasteiger partial charge in [0.2, 0.25) is 11.8 Å². The van der Waals surface area contributed by atoms with Gasteiger partial charge in [-0.25, -0.2) is 4.98 Å². The van der Waals surface area contributed by atoms with Gasteiger partial charge >= 0.3 is 0 Å². The van der Waals surface area contributed by atoms with Crippen LogP contribution in [-0.2, 0) is 0 Å². The van der Waals surface area contributed by atoms with Gasteiger partial charge in [-0.3, -0.25) is 10.2 Å². The molecule has 0 aliphatic rings. The second-order valence-corrected chi connectivity index (χ2v) is 5.54. The topological polar surface area (TPSA) is 120 Å². The lowest BCUT2D eigenvalue weighted by Gasteiger charge is -2.07. The summed E-state index contributed by atoms with van der Waals surface area (Å²) in [6.45, 7) is 0. The Balaban J connectivity index is 1.56. The Hall–Kier alpha value is -3.88. The monoisotopic (exact) mass is 332 g/mol. The Morgan fingerprint density at radius 2 is 2.04 bits per heavy atom. The number of aromatic hydroxyl groups is 1. The van der Waals surface area contributed by atoms with Gasteiger partial charge in [0, 0.05) is 23.5 Å². The van der Waals surface area contributed by atoms with Crippen molar-refractivity contribution in [2.75, 3.05) is 5.32 Å². The smallest absolute Gasteiger partial charge is 0.241 e. The van der Waals surface area contributed by atoms with Gasteiger partial charge < -0.3 is 15.0 Å². The molecule has 0 fully saturated rings. The van der Waals surface area contributed by atoms with Crippen LogP contribution in [0.1, 0.15) is 0 Å². The molecule has 4 aromatic heterocycles. The van der Waals surface area contributed by atoms with Crippen LogP contribution in [0.25, 0.3) is 27.6 Å². The van der Waals surface area contributed by atoms with Gasteiger partial charge in [-0.1, -0.05) is 0 Å². The Labute approximate surface area is 140 Å². The first kappa shape index (κ1) is 13.5. The second kappa shape index (κ2) is 5.06. The summed E-state index contributed by atoms with van der Waals surface area (Å²) in [7, 11) is 0. The Kier molecular flexibility index (Phi) is 2.74. The van der Waals surface area contributed by atoms with E-state index < -0.39 is 0 Å². The quantitative estimate of drug-likeness (QED) is 0.403. The van der Waals surface area contributed by atoms with Gasteiger partial charge in [0.1, 0.15) is 5.52 Å². The summed E-state index contributed by atoms with van der Waals surface area (Å²) < 4.78 is 1.77. The fourth-order valence-electron chi connectivity index (χ4n) is 2.82. The summed E-state index contributed by atoms with van der Waals surface area (Å²) in [5, 5.41) is 28.0. The molecule has 25 heavy (non-hydrogen) atoms. The average Bonchev–Trinajstić information content (AvgIpc) is 3.34. The highest BCUT2D eigenvalue weighted by atomic mass is 16.3. The minimum absolute atomic E-state index is 0.108. The minimum atomic E-state index is -0.108. The zero-order valence-electron chi connectivity index (χ0n) is 12.8. The number of nitrogens with zero attached hydrogens (tertiary/aromatic N) is 5. The lowest BCUT2D eigenvalue weighted by atomic mass is 10.2. The van der Waals surface area contributed by atoms with Gasteiger partial charge in [0.15, 0.2) is 0 Å². The number of benzene rings is 1. The number of hydrogen-bond donors (Lipinski definition) is 4. The van der Waals surface area contributed by atoms with E-state index >= 15 is 0 Å². The van der Waals surface area contributed by atoms with Crippen LogP contribution in [-0.4, -0.2) is 40.0 Å². The number of fused-ring (bicyclic) bond motifs is 2. The van der Waals surface area contributed by atoms with Crippen molar-refractivity contribution in [3.63, 3.8) is 0 Å². The second-order valence-electron chi connectivity index (χ2n) is 5.54. The maximum Gasteiger partial charge on any atom is 0.241 e. The Bertz CT molecular complexity index is 1190. The molecule has 4 N–H and O–H groups in total. The third kappa shape index (κ3) is 2.17. The van der Waals surface area contributed by atoms with Gasteiger partial charge in [0.25, 0.3) is 0 Å². The molecule has 0 saturated carbocycles. The number of anilines is 2. The van der Waals surface area contributed by atoms with Crippen molar-refractivity contribution >= 4 is 33.6 Å². The summed E-state index contributed by atoms with van der Waals surface area (Å²) in [6, 6.07) is 7.55. The molecule has 122 valence electrons. The fourth-order valence-corrected chi connectivity index (χ4v) is 2.82. The van der Waals surface area contributed by atoms with Crippen molar-refractivity contribution in [3.05, 3.63) is 49.1 Å². The SMILES string of the molecule is Oc1nc(Nc2ccc3[nH]ncc3c2)nc2ccn(-c3cn[nH]c3)c12. The molecular formula is C16H12N8O. The first-order valence-corrected chi connectivity index (χ1v) is 7.55. The summed E-state index contributed by atoms with van der Waals surface area (Å²) in [4.78, 5) is 8.64. The highest BCUT2D eigenvalue weighted by Crippen LogP contribution is 2.28. The summed E-state index contributed by atoms with van der Waals surface area (Å²) >= 11 is 0. The minimum Gasteiger partial charge on any atom is -0.492 e. The molecule has 0 aliphatic carbocycles. The van der Waals surface area contributed by atoms with Crippen molar-refractivity contribution in [2.24, 2.45) is 0 Å². The fraction of sp³-hybridized carbons (Fsp3) is 0. The summed E-state index contributed by atoms with van der Waals surface area (Å²) in [5.41, 5.74) is 3.70. The molecule has 0 amide bonds. The van der Waals surface area contributed by atoms with E-state index in [-0.39, 0.29) is 5.88 Å². The van der Waals surface area contributed by atoms with E-state index in [0.717, 1.165) is 22.3 Å². The predicted molar refractivity (Wildman–Crippen MR) is 92.1 cm³/mol. The normalized spacial score (nSPS) is 11.4. The molecule has 0 aliphatic heterocycles. The molecule has 0 atom stereocenters. The molecule has 9 heteroatoms. The number of aromatic nitrogens is 7. The van der Waals surface area contributed by atoms with E-state index in [1.54, 1.807) is 23.2 Å². The van der Waals surface area contributed by atoms with Gasteiger partial charge in [-0.15, -0.1) is 0 Å². The standard InChI is InChI=1S/C16H12N8O/c25-15-14-13(3-4-24(14)11-7-17-18-8-11)21-16(22-15)20-10-1-2-12-9(5-10)6-19-23-12/h1-8H,(H,17,18)(H,19,23)(H2,20,21,22,25). The number of H-pyrrole nitrogens is 2. The summed E-state index contributed by atoms with van der Waals surface area (Å²) in [6.07, 6.45) is 6.94. The molecule has 0 unspecified atom stereocenters. The molecule has 0 radical (unpaired) electrons. The van der Waals surface area contributed by atoms with E-state index in [1.807, 2.05) is 30.5 Å². The number of rotatable bonds is 3. The molecule has 1 aromatic carbocycles. The third-order valence-corrected chi connectivity index (χ3v) is 3.97. The van der Waals surface area contributed by atoms with Crippen LogP contribution in [0.5, 0.6) is 5.88 Å².